The maximum atomic E-state index is 11.8. The summed E-state index contributed by atoms with van der Waals surface area (Å²) in [5.74, 6) is 0.954. The minimum absolute atomic E-state index is 0.0869. The second kappa shape index (κ2) is 5.46. The van der Waals surface area contributed by atoms with Gasteiger partial charge in [-0.15, -0.1) is 0 Å². The molecule has 17 heavy (non-hydrogen) atoms. The molecule has 1 saturated carbocycles. The molecule has 0 amide bonds. The Morgan fingerprint density at radius 2 is 2.06 bits per heavy atom. The SMILES string of the molecule is Cc1ccc(C(=O)COCCC2CC2)cc1C. The second-order valence-corrected chi connectivity index (χ2v) is 5.01. The fourth-order valence-corrected chi connectivity index (χ4v) is 1.82. The first-order valence-corrected chi connectivity index (χ1v) is 6.35. The number of carbonyl (C=O) groups excluding carboxylic acids is 1. The number of aryl methyl sites for hydroxylation is 2. The highest BCUT2D eigenvalue weighted by Crippen LogP contribution is 2.32. The quantitative estimate of drug-likeness (QED) is 0.555. The average molecular weight is 232 g/mol. The standard InChI is InChI=1S/C15H20O2/c1-11-3-6-14(9-12(11)2)15(16)10-17-8-7-13-4-5-13/h3,6,9,13H,4-5,7-8,10H2,1-2H3. The van der Waals surface area contributed by atoms with Gasteiger partial charge in [-0.3, -0.25) is 4.79 Å². The second-order valence-electron chi connectivity index (χ2n) is 5.01. The number of hydrogen-bond donors (Lipinski definition) is 0. The highest BCUT2D eigenvalue weighted by Gasteiger charge is 2.20. The average Bonchev–Trinajstić information content (AvgIpc) is 3.12. The predicted octanol–water partition coefficient (Wildman–Crippen LogP) is 3.30. The van der Waals surface area contributed by atoms with Crippen LogP contribution in [-0.4, -0.2) is 19.0 Å². The maximum Gasteiger partial charge on any atom is 0.188 e. The summed E-state index contributed by atoms with van der Waals surface area (Å²) < 4.78 is 5.42. The zero-order valence-corrected chi connectivity index (χ0v) is 10.7. The van der Waals surface area contributed by atoms with E-state index >= 15 is 0 Å². The molecular weight excluding hydrogens is 212 g/mol. The lowest BCUT2D eigenvalue weighted by Crippen LogP contribution is -2.10. The Labute approximate surface area is 103 Å². The Bertz CT molecular complexity index is 405. The van der Waals surface area contributed by atoms with Crippen molar-refractivity contribution in [3.05, 3.63) is 34.9 Å². The van der Waals surface area contributed by atoms with Gasteiger partial charge in [0.25, 0.3) is 0 Å². The summed E-state index contributed by atoms with van der Waals surface area (Å²) in [6.07, 6.45) is 3.79. The molecule has 0 saturated heterocycles. The molecule has 2 nitrogen and oxygen atoms in total. The van der Waals surface area contributed by atoms with E-state index in [1.54, 1.807) is 0 Å². The Kier molecular flexibility index (Phi) is 3.95. The zero-order valence-electron chi connectivity index (χ0n) is 10.7. The van der Waals surface area contributed by atoms with Crippen LogP contribution < -0.4 is 0 Å². The molecular formula is C15H20O2. The fourth-order valence-electron chi connectivity index (χ4n) is 1.82. The Hall–Kier alpha value is -1.15. The van der Waals surface area contributed by atoms with Crippen LogP contribution in [0.4, 0.5) is 0 Å². The van der Waals surface area contributed by atoms with Crippen molar-refractivity contribution in [3.8, 4) is 0 Å². The first-order valence-electron chi connectivity index (χ1n) is 6.35. The van der Waals surface area contributed by atoms with Gasteiger partial charge < -0.3 is 4.74 Å². The highest BCUT2D eigenvalue weighted by molar-refractivity contribution is 5.97. The summed E-state index contributed by atoms with van der Waals surface area (Å²) >= 11 is 0. The molecule has 2 rings (SSSR count). The first kappa shape index (κ1) is 12.3. The van der Waals surface area contributed by atoms with Crippen molar-refractivity contribution >= 4 is 5.78 Å². The monoisotopic (exact) mass is 232 g/mol. The van der Waals surface area contributed by atoms with Crippen LogP contribution in [0.15, 0.2) is 18.2 Å². The zero-order chi connectivity index (χ0) is 12.3. The summed E-state index contributed by atoms with van der Waals surface area (Å²) in [5, 5.41) is 0. The van der Waals surface area contributed by atoms with Gasteiger partial charge in [0.2, 0.25) is 0 Å². The number of Topliss-reactive ketones (excluding diaryl/α,β-unsaturated/α-hetero) is 1. The summed E-state index contributed by atoms with van der Waals surface area (Å²) in [6, 6.07) is 5.82. The topological polar surface area (TPSA) is 26.3 Å². The first-order chi connectivity index (χ1) is 8.16. The van der Waals surface area contributed by atoms with Crippen molar-refractivity contribution in [2.45, 2.75) is 33.1 Å². The number of ether oxygens (including phenoxy) is 1. The van der Waals surface area contributed by atoms with E-state index in [1.165, 1.54) is 18.4 Å². The third-order valence-corrected chi connectivity index (χ3v) is 3.43. The predicted molar refractivity (Wildman–Crippen MR) is 68.4 cm³/mol. The molecule has 1 aliphatic rings. The number of benzene rings is 1. The molecule has 1 aromatic carbocycles. The van der Waals surface area contributed by atoms with Crippen LogP contribution >= 0.6 is 0 Å². The summed E-state index contributed by atoms with van der Waals surface area (Å²) in [4.78, 5) is 11.8. The lowest BCUT2D eigenvalue weighted by molar-refractivity contribution is 0.0748. The van der Waals surface area contributed by atoms with Gasteiger partial charge in [-0.25, -0.2) is 0 Å². The van der Waals surface area contributed by atoms with Gasteiger partial charge in [0, 0.05) is 12.2 Å². The normalized spacial score (nSPS) is 14.9. The largest absolute Gasteiger partial charge is 0.373 e. The van der Waals surface area contributed by atoms with E-state index in [1.807, 2.05) is 25.1 Å². The molecule has 0 aliphatic heterocycles. The van der Waals surface area contributed by atoms with Crippen molar-refractivity contribution in [2.24, 2.45) is 5.92 Å². The molecule has 0 heterocycles. The third kappa shape index (κ3) is 3.67. The summed E-state index contributed by atoms with van der Waals surface area (Å²) in [7, 11) is 0. The van der Waals surface area contributed by atoms with Crippen molar-refractivity contribution in [1.29, 1.82) is 0 Å². The van der Waals surface area contributed by atoms with E-state index in [4.69, 9.17) is 4.74 Å². The number of rotatable bonds is 6. The van der Waals surface area contributed by atoms with Crippen LogP contribution in [0.25, 0.3) is 0 Å². The molecule has 0 unspecified atom stereocenters. The molecule has 1 aromatic rings. The number of ketones is 1. The van der Waals surface area contributed by atoms with Crippen LogP contribution in [0.2, 0.25) is 0 Å². The molecule has 92 valence electrons. The van der Waals surface area contributed by atoms with E-state index in [0.29, 0.717) is 0 Å². The number of hydrogen-bond acceptors (Lipinski definition) is 2. The maximum absolute atomic E-state index is 11.8. The van der Waals surface area contributed by atoms with E-state index in [0.717, 1.165) is 30.1 Å². The van der Waals surface area contributed by atoms with E-state index in [2.05, 4.69) is 6.92 Å². The summed E-state index contributed by atoms with van der Waals surface area (Å²) in [6.45, 7) is 5.02. The van der Waals surface area contributed by atoms with Crippen LogP contribution in [0.1, 0.15) is 40.7 Å². The van der Waals surface area contributed by atoms with Crippen LogP contribution in [0, 0.1) is 19.8 Å². The highest BCUT2D eigenvalue weighted by atomic mass is 16.5. The third-order valence-electron chi connectivity index (χ3n) is 3.43. The van der Waals surface area contributed by atoms with Gasteiger partial charge >= 0.3 is 0 Å². The van der Waals surface area contributed by atoms with Crippen molar-refractivity contribution < 1.29 is 9.53 Å². The van der Waals surface area contributed by atoms with Gasteiger partial charge in [0.05, 0.1) is 0 Å². The van der Waals surface area contributed by atoms with Gasteiger partial charge in [0.1, 0.15) is 6.61 Å². The summed E-state index contributed by atoms with van der Waals surface area (Å²) in [5.41, 5.74) is 3.14. The lowest BCUT2D eigenvalue weighted by atomic mass is 10.0. The Balaban J connectivity index is 1.79. The minimum Gasteiger partial charge on any atom is -0.373 e. The molecule has 0 atom stereocenters. The molecule has 1 aliphatic carbocycles. The molecule has 1 fully saturated rings. The molecule has 0 bridgehead atoms. The molecule has 0 N–H and O–H groups in total. The van der Waals surface area contributed by atoms with Crippen LogP contribution in [-0.2, 0) is 4.74 Å². The van der Waals surface area contributed by atoms with Gasteiger partial charge in [0.15, 0.2) is 5.78 Å². The van der Waals surface area contributed by atoms with Crippen molar-refractivity contribution in [2.75, 3.05) is 13.2 Å². The van der Waals surface area contributed by atoms with E-state index in [-0.39, 0.29) is 12.4 Å². The minimum atomic E-state index is 0.0869. The van der Waals surface area contributed by atoms with Gasteiger partial charge in [-0.05, 0) is 43.4 Å². The molecule has 0 radical (unpaired) electrons. The molecule has 2 heteroatoms. The Morgan fingerprint density at radius 3 is 2.71 bits per heavy atom. The van der Waals surface area contributed by atoms with Crippen molar-refractivity contribution in [1.82, 2.24) is 0 Å². The van der Waals surface area contributed by atoms with Gasteiger partial charge in [-0.1, -0.05) is 25.0 Å². The smallest absolute Gasteiger partial charge is 0.188 e. The lowest BCUT2D eigenvalue weighted by Gasteiger charge is -2.05. The van der Waals surface area contributed by atoms with Gasteiger partial charge in [-0.2, -0.15) is 0 Å². The number of carbonyl (C=O) groups is 1. The van der Waals surface area contributed by atoms with Crippen LogP contribution in [0.5, 0.6) is 0 Å². The van der Waals surface area contributed by atoms with Crippen LogP contribution in [0.3, 0.4) is 0 Å². The van der Waals surface area contributed by atoms with Crippen molar-refractivity contribution in [3.63, 3.8) is 0 Å². The van der Waals surface area contributed by atoms with E-state index in [9.17, 15) is 4.79 Å². The molecule has 0 spiro atoms. The fraction of sp³-hybridized carbons (Fsp3) is 0.533. The molecule has 0 aromatic heterocycles. The Morgan fingerprint density at radius 1 is 1.29 bits per heavy atom. The van der Waals surface area contributed by atoms with E-state index < -0.39 is 0 Å².